The van der Waals surface area contributed by atoms with E-state index in [1.807, 2.05) is 22.9 Å². The van der Waals surface area contributed by atoms with E-state index in [0.717, 1.165) is 56.4 Å². The monoisotopic (exact) mass is 511 g/mol. The average Bonchev–Trinajstić information content (AvgIpc) is 3.46. The Morgan fingerprint density at radius 3 is 2.54 bits per heavy atom. The molecule has 2 unspecified atom stereocenters. The van der Waals surface area contributed by atoms with Crippen LogP contribution in [0.3, 0.4) is 0 Å². The highest BCUT2D eigenvalue weighted by Gasteiger charge is 2.28. The van der Waals surface area contributed by atoms with Crippen molar-refractivity contribution in [2.75, 3.05) is 0 Å². The molecule has 6 heteroatoms. The number of fused-ring (bicyclic) bond motifs is 5. The molecule has 0 saturated carbocycles. The van der Waals surface area contributed by atoms with Gasteiger partial charge in [-0.25, -0.2) is 4.79 Å². The van der Waals surface area contributed by atoms with Crippen molar-refractivity contribution in [2.45, 2.75) is 31.3 Å². The summed E-state index contributed by atoms with van der Waals surface area (Å²) in [6, 6.07) is 17.7. The molecule has 2 aliphatic rings. The third kappa shape index (κ3) is 3.79. The van der Waals surface area contributed by atoms with E-state index in [2.05, 4.69) is 70.9 Å². The minimum Gasteiger partial charge on any atom is -0.307 e. The first-order chi connectivity index (χ1) is 19.0. The molecule has 2 aliphatic heterocycles. The molecule has 2 bridgehead atoms. The molecule has 39 heavy (non-hydrogen) atoms. The van der Waals surface area contributed by atoms with Crippen LogP contribution in [-0.4, -0.2) is 31.2 Å². The highest BCUT2D eigenvalue weighted by molar-refractivity contribution is 6.04. The van der Waals surface area contributed by atoms with Gasteiger partial charge in [0.15, 0.2) is 0 Å². The van der Waals surface area contributed by atoms with Gasteiger partial charge in [0.05, 0.1) is 34.1 Å². The molecule has 2 atom stereocenters. The Morgan fingerprint density at radius 2 is 1.77 bits per heavy atom. The van der Waals surface area contributed by atoms with Crippen molar-refractivity contribution in [1.82, 2.24) is 24.4 Å². The second kappa shape index (κ2) is 9.03. The largest absolute Gasteiger partial charge is 0.333 e. The summed E-state index contributed by atoms with van der Waals surface area (Å²) in [7, 11) is 1.80. The first-order valence-corrected chi connectivity index (χ1v) is 13.4. The lowest BCUT2D eigenvalue weighted by Gasteiger charge is -2.21. The fourth-order valence-corrected chi connectivity index (χ4v) is 6.16. The zero-order valence-corrected chi connectivity index (χ0v) is 21.9. The number of aromatic nitrogens is 4. The van der Waals surface area contributed by atoms with Gasteiger partial charge in [0.2, 0.25) is 0 Å². The van der Waals surface area contributed by atoms with Crippen molar-refractivity contribution in [2.24, 2.45) is 7.05 Å². The molecule has 1 N–H and O–H groups in total. The highest BCUT2D eigenvalue weighted by atomic mass is 16.1. The van der Waals surface area contributed by atoms with Crippen molar-refractivity contribution in [1.29, 1.82) is 0 Å². The van der Waals surface area contributed by atoms with Gasteiger partial charge in [-0.15, -0.1) is 0 Å². The van der Waals surface area contributed by atoms with Gasteiger partial charge in [-0.1, -0.05) is 43.5 Å². The summed E-state index contributed by atoms with van der Waals surface area (Å²) in [5.74, 6) is 0. The van der Waals surface area contributed by atoms with Gasteiger partial charge < -0.3 is 5.32 Å². The summed E-state index contributed by atoms with van der Waals surface area (Å²) in [5.41, 5.74) is 9.52. The molecule has 2 aromatic carbocycles. The van der Waals surface area contributed by atoms with Crippen LogP contribution in [0.1, 0.15) is 36.1 Å². The Bertz CT molecular complexity index is 1890. The molecule has 1 saturated heterocycles. The van der Waals surface area contributed by atoms with Crippen molar-refractivity contribution >= 4 is 39.7 Å². The molecule has 0 spiro atoms. The van der Waals surface area contributed by atoms with Gasteiger partial charge in [0, 0.05) is 41.8 Å². The maximum absolute atomic E-state index is 13.6. The molecular formula is C33H29N5O. The number of hydrogen-bond acceptors (Lipinski definition) is 4. The van der Waals surface area contributed by atoms with Crippen LogP contribution in [0.25, 0.3) is 56.5 Å². The van der Waals surface area contributed by atoms with E-state index in [1.165, 1.54) is 24.0 Å². The molecule has 3 aromatic heterocycles. The van der Waals surface area contributed by atoms with Crippen molar-refractivity contribution < 1.29 is 0 Å². The molecule has 5 heterocycles. The van der Waals surface area contributed by atoms with Crippen molar-refractivity contribution in [3.05, 3.63) is 107 Å². The Labute approximate surface area is 226 Å². The quantitative estimate of drug-likeness (QED) is 0.308. The van der Waals surface area contributed by atoms with Gasteiger partial charge in [0.1, 0.15) is 0 Å². The van der Waals surface area contributed by atoms with Gasteiger partial charge in [-0.3, -0.25) is 19.1 Å². The number of nitrogens with one attached hydrogen (secondary N) is 1. The van der Waals surface area contributed by atoms with E-state index in [4.69, 9.17) is 0 Å². The molecular weight excluding hydrogens is 482 g/mol. The number of benzene rings is 2. The van der Waals surface area contributed by atoms with Crippen LogP contribution in [0.15, 0.2) is 85.0 Å². The average molecular weight is 512 g/mol. The summed E-state index contributed by atoms with van der Waals surface area (Å²) in [4.78, 5) is 22.8. The van der Waals surface area contributed by atoms with E-state index in [-0.39, 0.29) is 5.69 Å². The van der Waals surface area contributed by atoms with Crippen LogP contribution in [-0.2, 0) is 7.05 Å². The van der Waals surface area contributed by atoms with Gasteiger partial charge in [-0.2, -0.15) is 0 Å². The van der Waals surface area contributed by atoms with E-state index in [0.29, 0.717) is 12.1 Å². The van der Waals surface area contributed by atoms with Crippen molar-refractivity contribution in [3.8, 4) is 16.8 Å². The third-order valence-corrected chi connectivity index (χ3v) is 8.22. The van der Waals surface area contributed by atoms with Crippen LogP contribution >= 0.6 is 0 Å². The summed E-state index contributed by atoms with van der Waals surface area (Å²) >= 11 is 0. The van der Waals surface area contributed by atoms with Crippen LogP contribution in [0.4, 0.5) is 0 Å². The summed E-state index contributed by atoms with van der Waals surface area (Å²) < 4.78 is 3.48. The van der Waals surface area contributed by atoms with E-state index >= 15 is 0 Å². The van der Waals surface area contributed by atoms with E-state index in [1.54, 1.807) is 30.0 Å². The third-order valence-electron chi connectivity index (χ3n) is 8.22. The molecule has 0 radical (unpaired) electrons. The van der Waals surface area contributed by atoms with Crippen LogP contribution in [0.5, 0.6) is 0 Å². The van der Waals surface area contributed by atoms with Crippen LogP contribution in [0.2, 0.25) is 0 Å². The van der Waals surface area contributed by atoms with Gasteiger partial charge in [0.25, 0.3) is 0 Å². The zero-order valence-electron chi connectivity index (χ0n) is 21.9. The lowest BCUT2D eigenvalue weighted by Crippen LogP contribution is -2.31. The van der Waals surface area contributed by atoms with Crippen LogP contribution < -0.4 is 11.0 Å². The number of hydrogen-bond donors (Lipinski definition) is 1. The Kier molecular flexibility index (Phi) is 5.46. The minimum absolute atomic E-state index is 0.0949. The Morgan fingerprint density at radius 1 is 0.949 bits per heavy atom. The normalized spacial score (nSPS) is 18.4. The molecule has 7 rings (SSSR count). The molecule has 0 amide bonds. The lowest BCUT2D eigenvalue weighted by atomic mass is 9.96. The smallest absolute Gasteiger partial charge is 0.307 e. The van der Waals surface area contributed by atoms with E-state index < -0.39 is 0 Å². The number of imidazole rings is 1. The molecule has 1 fully saturated rings. The topological polar surface area (TPSA) is 64.7 Å². The van der Waals surface area contributed by atoms with Crippen LogP contribution in [0, 0.1) is 0 Å². The predicted molar refractivity (Wildman–Crippen MR) is 160 cm³/mol. The minimum atomic E-state index is -0.0949. The summed E-state index contributed by atoms with van der Waals surface area (Å²) in [5, 5.41) is 4.57. The predicted octanol–water partition coefficient (Wildman–Crippen LogP) is 6.13. The fourth-order valence-electron chi connectivity index (χ4n) is 6.16. The Balaban J connectivity index is 1.38. The Hall–Kier alpha value is -4.55. The van der Waals surface area contributed by atoms with Gasteiger partial charge in [-0.05, 0) is 72.4 Å². The maximum atomic E-state index is 13.6. The first-order valence-electron chi connectivity index (χ1n) is 13.4. The second-order valence-electron chi connectivity index (χ2n) is 10.5. The van der Waals surface area contributed by atoms with Gasteiger partial charge >= 0.3 is 5.69 Å². The molecule has 6 nitrogen and oxygen atoms in total. The number of nitrogens with zero attached hydrogens (tertiary/aromatic N) is 4. The maximum Gasteiger partial charge on any atom is 0.333 e. The highest BCUT2D eigenvalue weighted by Crippen LogP contribution is 2.33. The zero-order chi connectivity index (χ0) is 26.7. The SMILES string of the molecule is C=Cc1cc(-c2ccc3ncc4c(c3c2)n(-c2ccc(C3=CC5CCC(C3)N5)cc2)c(=O)n4C)cnc1C=C. The number of aryl methyl sites for hydroxylation is 1. The molecule has 5 aromatic rings. The number of pyridine rings is 2. The lowest BCUT2D eigenvalue weighted by molar-refractivity contribution is 0.575. The first kappa shape index (κ1) is 23.6. The van der Waals surface area contributed by atoms with Crippen molar-refractivity contribution in [3.63, 3.8) is 0 Å². The number of rotatable bonds is 5. The summed E-state index contributed by atoms with van der Waals surface area (Å²) in [6.45, 7) is 7.77. The standard InChI is InChI=1S/C33H29N5O/c1-4-20-14-24(18-34-29(20)5-2)22-8-13-30-28(17-22)32-31(19-35-30)37(3)33(39)38(32)27-11-6-21(7-12-27)23-15-25-9-10-26(16-23)36-25/h4-8,11-15,17-19,25-26,36H,1-2,9-10,16H2,3H3. The summed E-state index contributed by atoms with van der Waals surface area (Å²) in [6.07, 6.45) is 13.0. The second-order valence-corrected chi connectivity index (χ2v) is 10.5. The molecule has 0 aliphatic carbocycles. The van der Waals surface area contributed by atoms with E-state index in [9.17, 15) is 4.79 Å². The fraction of sp³-hybridized carbons (Fsp3) is 0.182. The molecule has 192 valence electrons.